The number of hydrogen-bond acceptors (Lipinski definition) is 11. The van der Waals surface area contributed by atoms with E-state index < -0.39 is 47.2 Å². The number of cyclic esters (lactones) is 1. The number of aryl methyl sites for hydroxylation is 1. The van der Waals surface area contributed by atoms with Gasteiger partial charge >= 0.3 is 5.97 Å². The molecule has 67 heavy (non-hydrogen) atoms. The summed E-state index contributed by atoms with van der Waals surface area (Å²) in [5, 5.41) is 19.8. The van der Waals surface area contributed by atoms with Crippen LogP contribution in [0.4, 0.5) is 0 Å². The maximum atomic E-state index is 14.7. The van der Waals surface area contributed by atoms with Gasteiger partial charge in [0.15, 0.2) is 0 Å². The van der Waals surface area contributed by atoms with Crippen LogP contribution in [0.15, 0.2) is 54.7 Å². The van der Waals surface area contributed by atoms with Gasteiger partial charge in [0, 0.05) is 81.4 Å². The Morgan fingerprint density at radius 3 is 2.55 bits per heavy atom. The predicted octanol–water partition coefficient (Wildman–Crippen LogP) is 4.75. The van der Waals surface area contributed by atoms with Crippen LogP contribution in [-0.4, -0.2) is 130 Å². The first-order valence-corrected chi connectivity index (χ1v) is 23.8. The number of carbonyl (C=O) groups is 5. The number of esters is 1. The highest BCUT2D eigenvalue weighted by Crippen LogP contribution is 2.42. The van der Waals surface area contributed by atoms with E-state index in [1.54, 1.807) is 37.4 Å². The van der Waals surface area contributed by atoms with Crippen LogP contribution in [0.3, 0.4) is 0 Å². The lowest BCUT2D eigenvalue weighted by molar-refractivity contribution is -0.155. The van der Waals surface area contributed by atoms with Gasteiger partial charge in [-0.25, -0.2) is 5.43 Å². The summed E-state index contributed by atoms with van der Waals surface area (Å²) in [5.41, 5.74) is 9.57. The van der Waals surface area contributed by atoms with Crippen molar-refractivity contribution in [2.24, 2.45) is 17.3 Å². The number of hydrazine groups is 1. The minimum absolute atomic E-state index is 0.00382. The molecule has 16 heteroatoms. The Bertz CT molecular complexity index is 2550. The van der Waals surface area contributed by atoms with Crippen LogP contribution in [0, 0.1) is 17.3 Å². The Morgan fingerprint density at radius 2 is 1.84 bits per heavy atom. The van der Waals surface area contributed by atoms with Crippen molar-refractivity contribution in [3.63, 3.8) is 0 Å². The normalized spacial score (nSPS) is 22.8. The van der Waals surface area contributed by atoms with E-state index in [-0.39, 0.29) is 61.7 Å². The number of likely N-dealkylation sites (N-methyl/N-ethyl adjacent to an activating group) is 1. The second-order valence-electron chi connectivity index (χ2n) is 19.9. The summed E-state index contributed by atoms with van der Waals surface area (Å²) in [7, 11) is 3.28. The van der Waals surface area contributed by atoms with Gasteiger partial charge in [0.25, 0.3) is 5.91 Å². The lowest BCUT2D eigenvalue weighted by Gasteiger charge is -2.37. The van der Waals surface area contributed by atoms with Gasteiger partial charge in [-0.2, -0.15) is 0 Å². The molecule has 0 saturated carbocycles. The molecule has 4 aromatic rings. The van der Waals surface area contributed by atoms with Gasteiger partial charge < -0.3 is 39.6 Å². The number of ether oxygens (including phenoxy) is 2. The van der Waals surface area contributed by atoms with Gasteiger partial charge in [-0.15, -0.1) is 0 Å². The number of hydrogen-bond donors (Lipinski definition) is 4. The monoisotopic (exact) mass is 919 g/mol. The largest absolute Gasteiger partial charge is 0.508 e. The van der Waals surface area contributed by atoms with Crippen molar-refractivity contribution in [1.82, 2.24) is 40.4 Å². The maximum absolute atomic E-state index is 14.7. The van der Waals surface area contributed by atoms with Gasteiger partial charge in [-0.05, 0) is 104 Å². The number of nitrogens with zero attached hydrogens (tertiary/aromatic N) is 5. The molecule has 6 atom stereocenters. The Labute approximate surface area is 392 Å². The second kappa shape index (κ2) is 19.4. The third-order valence-corrected chi connectivity index (χ3v) is 13.9. The van der Waals surface area contributed by atoms with Crippen molar-refractivity contribution in [2.75, 3.05) is 46.9 Å². The van der Waals surface area contributed by atoms with E-state index in [9.17, 15) is 29.1 Å². The third-order valence-electron chi connectivity index (χ3n) is 13.9. The number of carbonyl (C=O) groups excluding carboxylic acids is 5. The summed E-state index contributed by atoms with van der Waals surface area (Å²) >= 11 is 0. The highest BCUT2D eigenvalue weighted by Gasteiger charge is 2.42. The van der Waals surface area contributed by atoms with E-state index in [0.717, 1.165) is 44.5 Å². The lowest BCUT2D eigenvalue weighted by atomic mass is 9.84. The number of methoxy groups -OCH3 is 1. The number of aromatic hydroxyl groups is 1. The molecule has 2 aromatic carbocycles. The van der Waals surface area contributed by atoms with Gasteiger partial charge in [0.1, 0.15) is 23.9 Å². The zero-order valence-electron chi connectivity index (χ0n) is 40.1. The fourth-order valence-electron chi connectivity index (χ4n) is 10.3. The smallest absolute Gasteiger partial charge is 0.324 e. The quantitative estimate of drug-likeness (QED) is 0.127. The zero-order chi connectivity index (χ0) is 47.9. The molecule has 358 valence electrons. The summed E-state index contributed by atoms with van der Waals surface area (Å²) in [6.07, 6.45) is 3.48. The molecule has 4 aliphatic rings. The fourth-order valence-corrected chi connectivity index (χ4v) is 10.3. The average molecular weight is 919 g/mol. The molecule has 0 radical (unpaired) electrons. The van der Waals surface area contributed by atoms with Crippen LogP contribution in [0.25, 0.3) is 33.3 Å². The topological polar surface area (TPSA) is 198 Å². The highest BCUT2D eigenvalue weighted by atomic mass is 16.5. The van der Waals surface area contributed by atoms with Crippen LogP contribution >= 0.6 is 0 Å². The van der Waals surface area contributed by atoms with Crippen molar-refractivity contribution < 1.29 is 38.6 Å². The zero-order valence-corrected chi connectivity index (χ0v) is 40.1. The predicted molar refractivity (Wildman–Crippen MR) is 253 cm³/mol. The number of rotatable bonds is 10. The Kier molecular flexibility index (Phi) is 13.8. The number of pyridine rings is 1. The minimum atomic E-state index is -1.16. The first kappa shape index (κ1) is 47.6. The van der Waals surface area contributed by atoms with Gasteiger partial charge in [-0.1, -0.05) is 39.8 Å². The van der Waals surface area contributed by atoms with Gasteiger partial charge in [0.05, 0.1) is 36.1 Å². The Morgan fingerprint density at radius 1 is 1.06 bits per heavy atom. The third kappa shape index (κ3) is 9.93. The van der Waals surface area contributed by atoms with Crippen LogP contribution in [-0.2, 0) is 52.8 Å². The molecule has 4 amide bonds. The summed E-state index contributed by atoms with van der Waals surface area (Å²) in [6.45, 7) is 14.4. The van der Waals surface area contributed by atoms with Crippen LogP contribution in [0.1, 0.15) is 83.7 Å². The molecule has 3 fully saturated rings. The summed E-state index contributed by atoms with van der Waals surface area (Å²) in [4.78, 5) is 78.0. The second-order valence-corrected chi connectivity index (χ2v) is 19.9. The molecule has 4 N–H and O–H groups in total. The van der Waals surface area contributed by atoms with E-state index in [1.165, 1.54) is 9.91 Å². The SMILES string of the molecule is CCn1c(-c2cccnc2[C@H](C)OC)c2c3cc(ccc31)-c1cc(O)cc(c1)C[C@H](NC(=O)[C@H](C(C)C)N(C)C(=O)[C@@H]1CCN(C(=O)[C@@H]3CN3)C1)C(=O)N1CCC[C@H](N1)C(=O)OCC(C)(C)C2. The standard InChI is InChI=1S/C51H66N8O8/c1-9-58-42-15-14-32-24-37(42)38(45(58)36-12-10-17-52-43(36)30(4)66-8)25-51(5,6)28-67-50(65)39-13-11-18-59(55-39)49(64)40(22-31-20-34(32)23-35(60)21-31)54-46(61)44(29(2)3)56(7)47(62)33-16-19-57(27-33)48(63)41-26-53-41/h10,12,14-15,17,20-21,23-24,29-30,33,39-41,44,53,55,60H,9,11,13,16,18-19,22,25-28H2,1-8H3,(H,54,61)/t30-,33+,39-,40-,41-,44-/m0/s1. The molecule has 2 aromatic heterocycles. The maximum Gasteiger partial charge on any atom is 0.324 e. The number of fused-ring (bicyclic) bond motifs is 6. The molecule has 0 unspecified atom stereocenters. The van der Waals surface area contributed by atoms with E-state index >= 15 is 0 Å². The summed E-state index contributed by atoms with van der Waals surface area (Å²) < 4.78 is 14.2. The first-order valence-electron chi connectivity index (χ1n) is 23.8. The van der Waals surface area contributed by atoms with Crippen molar-refractivity contribution >= 4 is 40.5 Å². The lowest BCUT2D eigenvalue weighted by Crippen LogP contribution is -2.62. The Hall–Kier alpha value is -5.84. The number of phenolic OH excluding ortho intramolecular Hbond substituents is 1. The van der Waals surface area contributed by atoms with Crippen molar-refractivity contribution in [1.29, 1.82) is 0 Å². The number of aromatic nitrogens is 2. The molecular formula is C51H66N8O8. The molecule has 6 heterocycles. The van der Waals surface area contributed by atoms with Crippen molar-refractivity contribution in [3.05, 3.63) is 71.5 Å². The molecule has 0 aliphatic carbocycles. The molecule has 16 nitrogen and oxygen atoms in total. The molecule has 4 aliphatic heterocycles. The van der Waals surface area contributed by atoms with Crippen LogP contribution in [0.5, 0.6) is 5.75 Å². The fraction of sp³-hybridized carbons (Fsp3) is 0.529. The van der Waals surface area contributed by atoms with Crippen LogP contribution in [0.2, 0.25) is 0 Å². The average Bonchev–Trinajstić information content (AvgIpc) is 3.97. The van der Waals surface area contributed by atoms with Crippen molar-refractivity contribution in [2.45, 2.75) is 110 Å². The number of likely N-dealkylation sites (tertiary alicyclic amines) is 1. The van der Waals surface area contributed by atoms with E-state index in [2.05, 4.69) is 59.6 Å². The van der Waals surface area contributed by atoms with Crippen molar-refractivity contribution in [3.8, 4) is 28.1 Å². The molecule has 8 rings (SSSR count). The number of phenols is 1. The minimum Gasteiger partial charge on any atom is -0.508 e. The molecule has 6 bridgehead atoms. The first-order chi connectivity index (χ1) is 32.0. The highest BCUT2D eigenvalue weighted by molar-refractivity contribution is 5.96. The Balaban J connectivity index is 1.18. The number of nitrogens with one attached hydrogen (secondary N) is 3. The van der Waals surface area contributed by atoms with Crippen LogP contribution < -0.4 is 16.1 Å². The van der Waals surface area contributed by atoms with E-state index in [0.29, 0.717) is 50.9 Å². The number of amides is 4. The van der Waals surface area contributed by atoms with Gasteiger partial charge in [0.2, 0.25) is 17.7 Å². The van der Waals surface area contributed by atoms with Gasteiger partial charge in [-0.3, -0.25) is 34.0 Å². The summed E-state index contributed by atoms with van der Waals surface area (Å²) in [6, 6.07) is 12.4. The van der Waals surface area contributed by atoms with E-state index in [4.69, 9.17) is 14.5 Å². The molecular weight excluding hydrogens is 853 g/mol. The molecule has 0 spiro atoms. The summed E-state index contributed by atoms with van der Waals surface area (Å²) in [5.74, 6) is -2.51. The molecule has 3 saturated heterocycles. The number of benzene rings is 2. The van der Waals surface area contributed by atoms with E-state index in [1.807, 2.05) is 39.0 Å².